The van der Waals surface area contributed by atoms with Crippen LogP contribution in [0.4, 0.5) is 14.5 Å². The highest BCUT2D eigenvalue weighted by Gasteiger charge is 2.25. The molecule has 1 aliphatic heterocycles. The van der Waals surface area contributed by atoms with Crippen molar-refractivity contribution in [2.75, 3.05) is 31.1 Å². The molecule has 1 aromatic rings. The standard InChI is InChI=1S/C19H29F2N5O/c1-5-22-18(23-11-17(27)25-19(2,3)4)24-14-8-9-26(12-14)16-7-6-13(20)10-15(16)21/h6-7,10,14H,5,8-9,11-12H2,1-4H3,(H,25,27)(H2,22,23,24). The van der Waals surface area contributed by atoms with Crippen LogP contribution < -0.4 is 20.9 Å². The first kappa shape index (κ1) is 20.9. The van der Waals surface area contributed by atoms with Crippen molar-refractivity contribution in [2.45, 2.75) is 45.7 Å². The Morgan fingerprint density at radius 1 is 1.33 bits per heavy atom. The number of hydrogen-bond donors (Lipinski definition) is 3. The van der Waals surface area contributed by atoms with Gasteiger partial charge in [0, 0.05) is 37.3 Å². The van der Waals surface area contributed by atoms with E-state index >= 15 is 0 Å². The Bertz CT molecular complexity index is 687. The van der Waals surface area contributed by atoms with Crippen molar-refractivity contribution in [3.05, 3.63) is 29.8 Å². The number of carbonyl (C=O) groups excluding carboxylic acids is 1. The predicted molar refractivity (Wildman–Crippen MR) is 104 cm³/mol. The molecule has 1 fully saturated rings. The fourth-order valence-electron chi connectivity index (χ4n) is 2.96. The van der Waals surface area contributed by atoms with E-state index in [1.807, 2.05) is 32.6 Å². The number of guanidine groups is 1. The Labute approximate surface area is 159 Å². The minimum absolute atomic E-state index is 0.0234. The molecule has 1 unspecified atom stereocenters. The summed E-state index contributed by atoms with van der Waals surface area (Å²) < 4.78 is 27.1. The zero-order valence-corrected chi connectivity index (χ0v) is 16.4. The van der Waals surface area contributed by atoms with E-state index in [1.54, 1.807) is 0 Å². The molecule has 0 aromatic heterocycles. The Balaban J connectivity index is 1.94. The molecule has 1 saturated heterocycles. The number of anilines is 1. The number of hydrogen-bond acceptors (Lipinski definition) is 3. The van der Waals surface area contributed by atoms with Gasteiger partial charge in [0.15, 0.2) is 5.96 Å². The van der Waals surface area contributed by atoms with Crippen LogP contribution in [-0.4, -0.2) is 49.6 Å². The van der Waals surface area contributed by atoms with E-state index in [9.17, 15) is 13.6 Å². The first-order valence-electron chi connectivity index (χ1n) is 9.24. The number of amides is 1. The number of aliphatic imine (C=N–C) groups is 1. The van der Waals surface area contributed by atoms with E-state index < -0.39 is 11.6 Å². The van der Waals surface area contributed by atoms with E-state index in [0.29, 0.717) is 31.3 Å². The SMILES string of the molecule is CCNC(=NCC(=O)NC(C)(C)C)NC1CCN(c2ccc(F)cc2F)C1. The van der Waals surface area contributed by atoms with Gasteiger partial charge in [-0.2, -0.15) is 0 Å². The van der Waals surface area contributed by atoms with Crippen molar-refractivity contribution < 1.29 is 13.6 Å². The fraction of sp³-hybridized carbons (Fsp3) is 0.579. The van der Waals surface area contributed by atoms with E-state index in [4.69, 9.17) is 0 Å². The van der Waals surface area contributed by atoms with Crippen LogP contribution in [0, 0.1) is 11.6 Å². The van der Waals surface area contributed by atoms with Crippen molar-refractivity contribution in [3.63, 3.8) is 0 Å². The number of carbonyl (C=O) groups is 1. The van der Waals surface area contributed by atoms with Crippen LogP contribution in [0.5, 0.6) is 0 Å². The molecule has 1 heterocycles. The van der Waals surface area contributed by atoms with E-state index in [-0.39, 0.29) is 24.0 Å². The summed E-state index contributed by atoms with van der Waals surface area (Å²) in [6.07, 6.45) is 0.787. The lowest BCUT2D eigenvalue weighted by atomic mass is 10.1. The Hall–Kier alpha value is -2.38. The summed E-state index contributed by atoms with van der Waals surface area (Å²) in [6, 6.07) is 3.68. The molecule has 0 aliphatic carbocycles. The van der Waals surface area contributed by atoms with Gasteiger partial charge in [-0.3, -0.25) is 4.79 Å². The van der Waals surface area contributed by atoms with Crippen molar-refractivity contribution >= 4 is 17.6 Å². The molecule has 0 bridgehead atoms. The second-order valence-electron chi connectivity index (χ2n) is 7.67. The number of nitrogens with one attached hydrogen (secondary N) is 3. The normalized spacial score (nSPS) is 17.8. The average Bonchev–Trinajstić information content (AvgIpc) is 2.99. The first-order chi connectivity index (χ1) is 12.7. The number of benzene rings is 1. The zero-order valence-electron chi connectivity index (χ0n) is 16.4. The van der Waals surface area contributed by atoms with Crippen molar-refractivity contribution in [1.82, 2.24) is 16.0 Å². The van der Waals surface area contributed by atoms with Crippen LogP contribution in [0.1, 0.15) is 34.1 Å². The molecular formula is C19H29F2N5O. The first-order valence-corrected chi connectivity index (χ1v) is 9.24. The largest absolute Gasteiger partial charge is 0.367 e. The second kappa shape index (κ2) is 9.01. The third-order valence-corrected chi connectivity index (χ3v) is 4.02. The molecule has 0 radical (unpaired) electrons. The maximum atomic E-state index is 14.0. The van der Waals surface area contributed by atoms with Gasteiger partial charge in [0.1, 0.15) is 18.2 Å². The fourth-order valence-corrected chi connectivity index (χ4v) is 2.96. The lowest BCUT2D eigenvalue weighted by molar-refractivity contribution is -0.121. The van der Waals surface area contributed by atoms with Crippen molar-refractivity contribution in [3.8, 4) is 0 Å². The molecule has 1 atom stereocenters. The Kier molecular flexibility index (Phi) is 6.98. The van der Waals surface area contributed by atoms with Gasteiger partial charge in [-0.1, -0.05) is 0 Å². The van der Waals surface area contributed by atoms with Gasteiger partial charge >= 0.3 is 0 Å². The lowest BCUT2D eigenvalue weighted by Gasteiger charge is -2.21. The van der Waals surface area contributed by atoms with E-state index in [0.717, 1.165) is 12.5 Å². The molecule has 3 N–H and O–H groups in total. The van der Waals surface area contributed by atoms with Gasteiger partial charge in [0.25, 0.3) is 0 Å². The smallest absolute Gasteiger partial charge is 0.242 e. The summed E-state index contributed by atoms with van der Waals surface area (Å²) >= 11 is 0. The van der Waals surface area contributed by atoms with Gasteiger partial charge < -0.3 is 20.9 Å². The molecule has 0 saturated carbocycles. The van der Waals surface area contributed by atoms with Crippen LogP contribution in [0.15, 0.2) is 23.2 Å². The minimum atomic E-state index is -0.583. The molecule has 1 amide bonds. The Morgan fingerprint density at radius 2 is 2.07 bits per heavy atom. The monoisotopic (exact) mass is 381 g/mol. The van der Waals surface area contributed by atoms with E-state index in [2.05, 4.69) is 20.9 Å². The molecule has 1 aliphatic rings. The maximum Gasteiger partial charge on any atom is 0.242 e. The van der Waals surface area contributed by atoms with Gasteiger partial charge in [0.05, 0.1) is 5.69 Å². The number of rotatable bonds is 5. The highest BCUT2D eigenvalue weighted by atomic mass is 19.1. The molecule has 2 rings (SSSR count). The summed E-state index contributed by atoms with van der Waals surface area (Å²) in [5.41, 5.74) is 0.0935. The highest BCUT2D eigenvalue weighted by molar-refractivity contribution is 5.85. The van der Waals surface area contributed by atoms with Crippen LogP contribution in [0.2, 0.25) is 0 Å². The van der Waals surface area contributed by atoms with Crippen LogP contribution >= 0.6 is 0 Å². The number of nitrogens with zero attached hydrogens (tertiary/aromatic N) is 2. The van der Waals surface area contributed by atoms with Gasteiger partial charge in [-0.05, 0) is 46.2 Å². The van der Waals surface area contributed by atoms with Crippen LogP contribution in [0.25, 0.3) is 0 Å². The molecule has 6 nitrogen and oxygen atoms in total. The molecule has 150 valence electrons. The summed E-state index contributed by atoms with van der Waals surface area (Å²) in [4.78, 5) is 18.2. The number of halogens is 2. The lowest BCUT2D eigenvalue weighted by Crippen LogP contribution is -2.46. The summed E-state index contributed by atoms with van der Waals surface area (Å²) in [5.74, 6) is -0.746. The average molecular weight is 381 g/mol. The van der Waals surface area contributed by atoms with Crippen LogP contribution in [0.3, 0.4) is 0 Å². The van der Waals surface area contributed by atoms with Gasteiger partial charge in [-0.25, -0.2) is 13.8 Å². The quantitative estimate of drug-likeness (QED) is 0.539. The third-order valence-electron chi connectivity index (χ3n) is 4.02. The van der Waals surface area contributed by atoms with Gasteiger partial charge in [-0.15, -0.1) is 0 Å². The predicted octanol–water partition coefficient (Wildman–Crippen LogP) is 2.01. The summed E-state index contributed by atoms with van der Waals surface area (Å²) in [5, 5.41) is 9.27. The maximum absolute atomic E-state index is 14.0. The Morgan fingerprint density at radius 3 is 2.70 bits per heavy atom. The zero-order chi connectivity index (χ0) is 20.0. The summed E-state index contributed by atoms with van der Waals surface area (Å²) in [7, 11) is 0. The molecule has 8 heteroatoms. The van der Waals surface area contributed by atoms with Crippen molar-refractivity contribution in [1.29, 1.82) is 0 Å². The topological polar surface area (TPSA) is 68.8 Å². The molecular weight excluding hydrogens is 352 g/mol. The van der Waals surface area contributed by atoms with Crippen molar-refractivity contribution in [2.24, 2.45) is 4.99 Å². The minimum Gasteiger partial charge on any atom is -0.367 e. The second-order valence-corrected chi connectivity index (χ2v) is 7.67. The third kappa shape index (κ3) is 6.69. The molecule has 27 heavy (non-hydrogen) atoms. The van der Waals surface area contributed by atoms with Gasteiger partial charge in [0.2, 0.25) is 5.91 Å². The molecule has 1 aromatic carbocycles. The highest BCUT2D eigenvalue weighted by Crippen LogP contribution is 2.24. The molecule has 0 spiro atoms. The van der Waals surface area contributed by atoms with Crippen LogP contribution in [-0.2, 0) is 4.79 Å². The van der Waals surface area contributed by atoms with E-state index in [1.165, 1.54) is 12.1 Å². The summed E-state index contributed by atoms with van der Waals surface area (Å²) in [6.45, 7) is 9.61.